The van der Waals surface area contributed by atoms with Gasteiger partial charge in [0.1, 0.15) is 18.1 Å². The predicted octanol–water partition coefficient (Wildman–Crippen LogP) is 3.79. The Morgan fingerprint density at radius 3 is 2.62 bits per heavy atom. The van der Waals surface area contributed by atoms with E-state index in [-0.39, 0.29) is 12.5 Å². The molecule has 3 rings (SSSR count). The minimum Gasteiger partial charge on any atom is -0.493 e. The van der Waals surface area contributed by atoms with Gasteiger partial charge in [0.15, 0.2) is 0 Å². The van der Waals surface area contributed by atoms with Crippen molar-refractivity contribution in [1.82, 2.24) is 4.90 Å². The van der Waals surface area contributed by atoms with Crippen LogP contribution in [-0.2, 0) is 11.3 Å². The van der Waals surface area contributed by atoms with E-state index in [9.17, 15) is 4.79 Å². The van der Waals surface area contributed by atoms with Crippen LogP contribution in [0.25, 0.3) is 0 Å². The third-order valence-electron chi connectivity index (χ3n) is 4.13. The van der Waals surface area contributed by atoms with E-state index in [1.54, 1.807) is 17.0 Å². The zero-order valence-electron chi connectivity index (χ0n) is 14.7. The Hall–Kier alpha value is -2.24. The van der Waals surface area contributed by atoms with E-state index in [4.69, 9.17) is 25.8 Å². The van der Waals surface area contributed by atoms with E-state index in [0.717, 1.165) is 5.56 Å². The number of halogens is 1. The molecule has 0 bridgehead atoms. The van der Waals surface area contributed by atoms with Gasteiger partial charge in [-0.1, -0.05) is 23.7 Å². The summed E-state index contributed by atoms with van der Waals surface area (Å²) >= 11 is 6.15. The third kappa shape index (κ3) is 4.48. The largest absolute Gasteiger partial charge is 0.493 e. The first-order chi connectivity index (χ1) is 12.7. The van der Waals surface area contributed by atoms with Crippen molar-refractivity contribution in [3.63, 3.8) is 0 Å². The highest BCUT2D eigenvalue weighted by atomic mass is 35.5. The summed E-state index contributed by atoms with van der Waals surface area (Å²) < 4.78 is 16.8. The van der Waals surface area contributed by atoms with Crippen molar-refractivity contribution in [2.45, 2.75) is 13.5 Å². The quantitative estimate of drug-likeness (QED) is 0.770. The number of morpholine rings is 1. The fraction of sp³-hybridized carbons (Fsp3) is 0.350. The van der Waals surface area contributed by atoms with Crippen molar-refractivity contribution in [3.05, 3.63) is 58.6 Å². The van der Waals surface area contributed by atoms with Gasteiger partial charge in [-0.25, -0.2) is 0 Å². The van der Waals surface area contributed by atoms with Crippen LogP contribution in [0.1, 0.15) is 22.8 Å². The second-order valence-electron chi connectivity index (χ2n) is 5.88. The average molecular weight is 376 g/mol. The summed E-state index contributed by atoms with van der Waals surface area (Å²) in [6.45, 7) is 5.09. The van der Waals surface area contributed by atoms with Crippen LogP contribution in [0, 0.1) is 0 Å². The number of rotatable bonds is 6. The van der Waals surface area contributed by atoms with Gasteiger partial charge in [-0.2, -0.15) is 0 Å². The molecular formula is C20H22ClNO4. The lowest BCUT2D eigenvalue weighted by atomic mass is 10.1. The van der Waals surface area contributed by atoms with E-state index >= 15 is 0 Å². The molecule has 1 aliphatic rings. The molecule has 0 spiro atoms. The molecule has 0 aromatic heterocycles. The lowest BCUT2D eigenvalue weighted by molar-refractivity contribution is 0.0302. The summed E-state index contributed by atoms with van der Waals surface area (Å²) in [6, 6.07) is 12.7. The maximum atomic E-state index is 12.7. The third-order valence-corrected chi connectivity index (χ3v) is 4.44. The molecule has 1 saturated heterocycles. The highest BCUT2D eigenvalue weighted by Gasteiger charge is 2.20. The minimum atomic E-state index is -0.00431. The molecule has 2 aromatic carbocycles. The molecule has 0 unspecified atom stereocenters. The molecule has 0 aliphatic carbocycles. The van der Waals surface area contributed by atoms with Gasteiger partial charge >= 0.3 is 0 Å². The Labute approximate surface area is 158 Å². The van der Waals surface area contributed by atoms with Crippen LogP contribution in [0.2, 0.25) is 5.02 Å². The number of hydrogen-bond donors (Lipinski definition) is 0. The molecule has 2 aromatic rings. The van der Waals surface area contributed by atoms with Crippen molar-refractivity contribution in [3.8, 4) is 11.5 Å². The fourth-order valence-electron chi connectivity index (χ4n) is 2.79. The Bertz CT molecular complexity index is 759. The molecular weight excluding hydrogens is 354 g/mol. The Balaban J connectivity index is 1.79. The summed E-state index contributed by atoms with van der Waals surface area (Å²) in [5.74, 6) is 1.30. The van der Waals surface area contributed by atoms with Gasteiger partial charge in [-0.3, -0.25) is 4.79 Å². The van der Waals surface area contributed by atoms with Crippen molar-refractivity contribution < 1.29 is 19.0 Å². The second kappa shape index (κ2) is 8.92. The summed E-state index contributed by atoms with van der Waals surface area (Å²) in [7, 11) is 0. The molecule has 0 N–H and O–H groups in total. The Morgan fingerprint density at radius 1 is 1.12 bits per heavy atom. The van der Waals surface area contributed by atoms with Gasteiger partial charge in [0.2, 0.25) is 0 Å². The maximum Gasteiger partial charge on any atom is 0.254 e. The monoisotopic (exact) mass is 375 g/mol. The van der Waals surface area contributed by atoms with Crippen molar-refractivity contribution in [2.75, 3.05) is 32.9 Å². The first-order valence-electron chi connectivity index (χ1n) is 8.69. The lowest BCUT2D eigenvalue weighted by Gasteiger charge is -2.27. The van der Waals surface area contributed by atoms with Gasteiger partial charge in [0.25, 0.3) is 5.91 Å². The van der Waals surface area contributed by atoms with E-state index in [1.165, 1.54) is 0 Å². The maximum absolute atomic E-state index is 12.7. The number of nitrogens with zero attached hydrogens (tertiary/aromatic N) is 1. The van der Waals surface area contributed by atoms with Gasteiger partial charge in [0, 0.05) is 24.2 Å². The number of carbonyl (C=O) groups excluding carboxylic acids is 1. The standard InChI is InChI=1S/C20H22ClNO4/c1-2-25-18-8-7-15(20(23)22-9-11-24-12-10-22)13-16(18)14-26-19-6-4-3-5-17(19)21/h3-8,13H,2,9-12,14H2,1H3. The van der Waals surface area contributed by atoms with Crippen molar-refractivity contribution in [2.24, 2.45) is 0 Å². The van der Waals surface area contributed by atoms with Crippen LogP contribution in [0.5, 0.6) is 11.5 Å². The van der Waals surface area contributed by atoms with Crippen LogP contribution >= 0.6 is 11.6 Å². The van der Waals surface area contributed by atoms with E-state index in [2.05, 4.69) is 0 Å². The van der Waals surface area contributed by atoms with Gasteiger partial charge in [-0.15, -0.1) is 0 Å². The predicted molar refractivity (Wildman–Crippen MR) is 100 cm³/mol. The van der Waals surface area contributed by atoms with E-state index < -0.39 is 0 Å². The summed E-state index contributed by atoms with van der Waals surface area (Å²) in [5.41, 5.74) is 1.43. The first kappa shape index (κ1) is 18.5. The number of benzene rings is 2. The zero-order valence-corrected chi connectivity index (χ0v) is 15.5. The summed E-state index contributed by atoms with van der Waals surface area (Å²) in [6.07, 6.45) is 0. The van der Waals surface area contributed by atoms with E-state index in [0.29, 0.717) is 55.0 Å². The molecule has 1 aliphatic heterocycles. The average Bonchev–Trinajstić information content (AvgIpc) is 2.68. The zero-order chi connectivity index (χ0) is 18.4. The van der Waals surface area contributed by atoms with Crippen LogP contribution < -0.4 is 9.47 Å². The van der Waals surface area contributed by atoms with Gasteiger partial charge in [-0.05, 0) is 37.3 Å². The fourth-order valence-corrected chi connectivity index (χ4v) is 2.98. The Kier molecular flexibility index (Phi) is 6.36. The molecule has 5 nitrogen and oxygen atoms in total. The number of ether oxygens (including phenoxy) is 3. The summed E-state index contributed by atoms with van der Waals surface area (Å²) in [4.78, 5) is 14.5. The summed E-state index contributed by atoms with van der Waals surface area (Å²) in [5, 5.41) is 0.547. The SMILES string of the molecule is CCOc1ccc(C(=O)N2CCOCC2)cc1COc1ccccc1Cl. The normalized spacial score (nSPS) is 14.2. The molecule has 0 saturated carbocycles. The van der Waals surface area contributed by atoms with Gasteiger partial charge in [0.05, 0.1) is 24.8 Å². The highest BCUT2D eigenvalue weighted by molar-refractivity contribution is 6.32. The highest BCUT2D eigenvalue weighted by Crippen LogP contribution is 2.27. The molecule has 26 heavy (non-hydrogen) atoms. The number of carbonyl (C=O) groups is 1. The van der Waals surface area contributed by atoms with Gasteiger partial charge < -0.3 is 19.1 Å². The topological polar surface area (TPSA) is 48.0 Å². The molecule has 138 valence electrons. The molecule has 1 fully saturated rings. The van der Waals surface area contributed by atoms with Crippen molar-refractivity contribution in [1.29, 1.82) is 0 Å². The lowest BCUT2D eigenvalue weighted by Crippen LogP contribution is -2.40. The smallest absolute Gasteiger partial charge is 0.254 e. The molecule has 6 heteroatoms. The second-order valence-corrected chi connectivity index (χ2v) is 6.29. The van der Waals surface area contributed by atoms with Crippen LogP contribution in [0.15, 0.2) is 42.5 Å². The first-order valence-corrected chi connectivity index (χ1v) is 9.07. The van der Waals surface area contributed by atoms with Crippen molar-refractivity contribution >= 4 is 17.5 Å². The molecule has 1 heterocycles. The number of para-hydroxylation sites is 1. The molecule has 0 atom stereocenters. The molecule has 1 amide bonds. The minimum absolute atomic E-state index is 0.00431. The van der Waals surface area contributed by atoms with Crippen LogP contribution in [0.4, 0.5) is 0 Å². The van der Waals surface area contributed by atoms with Crippen LogP contribution in [0.3, 0.4) is 0 Å². The number of amides is 1. The Morgan fingerprint density at radius 2 is 1.88 bits per heavy atom. The number of hydrogen-bond acceptors (Lipinski definition) is 4. The molecule has 0 radical (unpaired) electrons. The van der Waals surface area contributed by atoms with E-state index in [1.807, 2.05) is 37.3 Å². The van der Waals surface area contributed by atoms with Crippen LogP contribution in [-0.4, -0.2) is 43.7 Å².